The average Bonchev–Trinajstić information content (AvgIpc) is 2.28. The molecular weight excluding hydrogens is 238 g/mol. The highest BCUT2D eigenvalue weighted by Crippen LogP contribution is 2.29. The molecule has 1 aromatic rings. The Balaban J connectivity index is 3.12. The molecule has 0 fully saturated rings. The summed E-state index contributed by atoms with van der Waals surface area (Å²) in [4.78, 5) is 1.46. The highest BCUT2D eigenvalue weighted by atomic mass is 32.2. The maximum absolute atomic E-state index is 5.82. The summed E-state index contributed by atoms with van der Waals surface area (Å²) in [5.41, 5.74) is 6.60. The van der Waals surface area contributed by atoms with Crippen LogP contribution in [0.5, 0.6) is 5.75 Å². The van der Waals surface area contributed by atoms with Crippen LogP contribution in [0.4, 0.5) is 0 Å². The molecule has 0 radical (unpaired) electrons. The molecule has 1 atom stereocenters. The highest BCUT2D eigenvalue weighted by molar-refractivity contribution is 7.98. The molecule has 0 aliphatic rings. The fourth-order valence-electron chi connectivity index (χ4n) is 1.32. The second-order valence-corrected chi connectivity index (χ2v) is 4.82. The number of thioether (sulfide) groups is 1. The Morgan fingerprint density at radius 3 is 2.75 bits per heavy atom. The van der Waals surface area contributed by atoms with Gasteiger partial charge in [0.1, 0.15) is 10.7 Å². The molecule has 1 unspecified atom stereocenters. The number of hydrogen-bond donors (Lipinski definition) is 1. The summed E-state index contributed by atoms with van der Waals surface area (Å²) in [5.74, 6) is 0.786. The Morgan fingerprint density at radius 2 is 2.25 bits per heavy atom. The molecule has 88 valence electrons. The lowest BCUT2D eigenvalue weighted by Crippen LogP contribution is -2.16. The zero-order valence-corrected chi connectivity index (χ0v) is 11.5. The van der Waals surface area contributed by atoms with E-state index in [1.165, 1.54) is 0 Å². The second kappa shape index (κ2) is 6.11. The molecule has 0 saturated carbocycles. The molecule has 16 heavy (non-hydrogen) atoms. The molecule has 2 nitrogen and oxygen atoms in total. The van der Waals surface area contributed by atoms with Crippen molar-refractivity contribution in [3.8, 4) is 5.75 Å². The van der Waals surface area contributed by atoms with Gasteiger partial charge in [0.25, 0.3) is 0 Å². The minimum absolute atomic E-state index is 0.171. The third-order valence-electron chi connectivity index (χ3n) is 2.36. The van der Waals surface area contributed by atoms with E-state index in [1.54, 1.807) is 11.8 Å². The summed E-state index contributed by atoms with van der Waals surface area (Å²) in [6.45, 7) is 4.12. The first-order valence-corrected chi connectivity index (χ1v) is 6.86. The van der Waals surface area contributed by atoms with E-state index >= 15 is 0 Å². The van der Waals surface area contributed by atoms with E-state index in [0.717, 1.165) is 22.6 Å². The molecule has 0 amide bonds. The van der Waals surface area contributed by atoms with Gasteiger partial charge in [0.05, 0.1) is 11.7 Å². The van der Waals surface area contributed by atoms with Crippen LogP contribution >= 0.6 is 24.0 Å². The number of thiocarbonyl (C=S) groups is 1. The van der Waals surface area contributed by atoms with E-state index in [0.29, 0.717) is 4.99 Å². The predicted molar refractivity (Wildman–Crippen MR) is 74.5 cm³/mol. The van der Waals surface area contributed by atoms with Crippen molar-refractivity contribution in [1.29, 1.82) is 0 Å². The molecule has 1 rings (SSSR count). The number of rotatable bonds is 5. The van der Waals surface area contributed by atoms with Crippen molar-refractivity contribution in [3.05, 3.63) is 23.8 Å². The lowest BCUT2D eigenvalue weighted by molar-refractivity contribution is 0.216. The summed E-state index contributed by atoms with van der Waals surface area (Å²) in [6.07, 6.45) is 3.13. The maximum Gasteiger partial charge on any atom is 0.131 e. The average molecular weight is 255 g/mol. The van der Waals surface area contributed by atoms with Gasteiger partial charge in [-0.25, -0.2) is 0 Å². The highest BCUT2D eigenvalue weighted by Gasteiger charge is 2.13. The van der Waals surface area contributed by atoms with Gasteiger partial charge >= 0.3 is 0 Å². The first kappa shape index (κ1) is 13.3. The fraction of sp³-hybridized carbons (Fsp3) is 0.417. The van der Waals surface area contributed by atoms with Gasteiger partial charge < -0.3 is 10.5 Å². The fourth-order valence-corrected chi connectivity index (χ4v) is 2.23. The quantitative estimate of drug-likeness (QED) is 0.647. The van der Waals surface area contributed by atoms with Gasteiger partial charge in [0.15, 0.2) is 0 Å². The molecular formula is C12H17NOS2. The van der Waals surface area contributed by atoms with Crippen LogP contribution in [0.15, 0.2) is 23.1 Å². The zero-order valence-electron chi connectivity index (χ0n) is 9.82. The molecule has 0 spiro atoms. The first-order chi connectivity index (χ1) is 7.60. The Morgan fingerprint density at radius 1 is 1.56 bits per heavy atom. The van der Waals surface area contributed by atoms with Crippen molar-refractivity contribution >= 4 is 29.0 Å². The maximum atomic E-state index is 5.82. The summed E-state index contributed by atoms with van der Waals surface area (Å²) in [5, 5.41) is 0. The minimum Gasteiger partial charge on any atom is -0.490 e. The summed E-state index contributed by atoms with van der Waals surface area (Å²) >= 11 is 6.70. The largest absolute Gasteiger partial charge is 0.490 e. The van der Waals surface area contributed by atoms with Gasteiger partial charge in [-0.05, 0) is 31.7 Å². The molecule has 1 aromatic carbocycles. The van der Waals surface area contributed by atoms with Gasteiger partial charge in [0, 0.05) is 4.90 Å². The van der Waals surface area contributed by atoms with Crippen LogP contribution in [-0.4, -0.2) is 17.3 Å². The standard InChI is InChI=1S/C12H17NOS2/c1-4-8(2)14-9-6-5-7-10(16-3)11(9)12(13)15/h5-8H,4H2,1-3H3,(H2,13,15). The second-order valence-electron chi connectivity index (χ2n) is 3.53. The zero-order chi connectivity index (χ0) is 12.1. The molecule has 0 aliphatic heterocycles. The molecule has 2 N–H and O–H groups in total. The summed E-state index contributed by atoms with van der Waals surface area (Å²) in [7, 11) is 0. The van der Waals surface area contributed by atoms with Crippen molar-refractivity contribution in [1.82, 2.24) is 0 Å². The lowest BCUT2D eigenvalue weighted by Gasteiger charge is -2.17. The monoisotopic (exact) mass is 255 g/mol. The normalized spacial score (nSPS) is 12.2. The number of hydrogen-bond acceptors (Lipinski definition) is 3. The number of benzene rings is 1. The van der Waals surface area contributed by atoms with Crippen LogP contribution in [0.1, 0.15) is 25.8 Å². The SMILES string of the molecule is CCC(C)Oc1cccc(SC)c1C(N)=S. The Kier molecular flexibility index (Phi) is 5.09. The van der Waals surface area contributed by atoms with E-state index in [9.17, 15) is 0 Å². The van der Waals surface area contributed by atoms with Crippen LogP contribution in [0.25, 0.3) is 0 Å². The van der Waals surface area contributed by atoms with Gasteiger partial charge in [-0.15, -0.1) is 11.8 Å². The minimum atomic E-state index is 0.171. The third-order valence-corrected chi connectivity index (χ3v) is 3.34. The lowest BCUT2D eigenvalue weighted by atomic mass is 10.2. The van der Waals surface area contributed by atoms with Crippen LogP contribution in [0.2, 0.25) is 0 Å². The topological polar surface area (TPSA) is 35.2 Å². The van der Waals surface area contributed by atoms with E-state index in [2.05, 4.69) is 6.92 Å². The Bertz CT molecular complexity index is 379. The van der Waals surface area contributed by atoms with Gasteiger partial charge in [0.2, 0.25) is 0 Å². The molecule has 0 aromatic heterocycles. The molecule has 0 bridgehead atoms. The molecule has 0 saturated heterocycles. The van der Waals surface area contributed by atoms with E-state index in [4.69, 9.17) is 22.7 Å². The third kappa shape index (κ3) is 3.12. The van der Waals surface area contributed by atoms with Gasteiger partial charge in [-0.1, -0.05) is 25.2 Å². The summed E-state index contributed by atoms with van der Waals surface area (Å²) in [6, 6.07) is 5.88. The molecule has 4 heteroatoms. The Labute approximate surface area is 107 Å². The summed E-state index contributed by atoms with van der Waals surface area (Å²) < 4.78 is 5.82. The number of nitrogens with two attached hydrogens (primary N) is 1. The van der Waals surface area contributed by atoms with Crippen molar-refractivity contribution in [2.75, 3.05) is 6.26 Å². The predicted octanol–water partition coefficient (Wildman–Crippen LogP) is 3.22. The van der Waals surface area contributed by atoms with Crippen LogP contribution < -0.4 is 10.5 Å². The van der Waals surface area contributed by atoms with Crippen molar-refractivity contribution in [2.24, 2.45) is 5.73 Å². The van der Waals surface area contributed by atoms with E-state index in [-0.39, 0.29) is 6.10 Å². The smallest absolute Gasteiger partial charge is 0.131 e. The Hall–Kier alpha value is -0.740. The molecule has 0 heterocycles. The van der Waals surface area contributed by atoms with Crippen molar-refractivity contribution < 1.29 is 4.74 Å². The van der Waals surface area contributed by atoms with Crippen molar-refractivity contribution in [2.45, 2.75) is 31.3 Å². The molecule has 0 aliphatic carbocycles. The van der Waals surface area contributed by atoms with Gasteiger partial charge in [-0.3, -0.25) is 0 Å². The van der Waals surface area contributed by atoms with Crippen LogP contribution in [-0.2, 0) is 0 Å². The van der Waals surface area contributed by atoms with E-state index in [1.807, 2.05) is 31.4 Å². The van der Waals surface area contributed by atoms with Gasteiger partial charge in [-0.2, -0.15) is 0 Å². The van der Waals surface area contributed by atoms with E-state index < -0.39 is 0 Å². The first-order valence-electron chi connectivity index (χ1n) is 5.23. The van der Waals surface area contributed by atoms with Crippen molar-refractivity contribution in [3.63, 3.8) is 0 Å². The van der Waals surface area contributed by atoms with Crippen LogP contribution in [0.3, 0.4) is 0 Å². The number of ether oxygens (including phenoxy) is 1. The van der Waals surface area contributed by atoms with Crippen LogP contribution in [0, 0.1) is 0 Å².